The third-order valence-electron chi connectivity index (χ3n) is 1.68. The molecule has 1 nitrogen and oxygen atoms in total. The van der Waals surface area contributed by atoms with Gasteiger partial charge in [0.25, 0.3) is 0 Å². The highest BCUT2D eigenvalue weighted by atomic mass is 14.6. The fourth-order valence-corrected chi connectivity index (χ4v) is 1.12. The van der Waals surface area contributed by atoms with E-state index in [4.69, 9.17) is 0 Å². The second-order valence-corrected chi connectivity index (χ2v) is 2.45. The van der Waals surface area contributed by atoms with E-state index in [0.29, 0.717) is 0 Å². The Bertz CT molecular complexity index is 366. The van der Waals surface area contributed by atoms with Crippen molar-refractivity contribution >= 4 is 12.2 Å². The van der Waals surface area contributed by atoms with Crippen LogP contribution >= 0.6 is 0 Å². The van der Waals surface area contributed by atoms with Gasteiger partial charge in [0.15, 0.2) is 0 Å². The van der Waals surface area contributed by atoms with Crippen molar-refractivity contribution in [2.45, 2.75) is 0 Å². The van der Waals surface area contributed by atoms with E-state index in [0.717, 1.165) is 0 Å². The van der Waals surface area contributed by atoms with Crippen LogP contribution in [0.25, 0.3) is 12.2 Å². The zero-order valence-corrected chi connectivity index (χ0v) is 6.12. The minimum Gasteiger partial charge on any atom is -0.361 e. The number of hydrogen-bond donors (Lipinski definition) is 1. The number of aromatic amines is 1. The molecule has 0 spiro atoms. The van der Waals surface area contributed by atoms with Crippen LogP contribution in [-0.2, 0) is 0 Å². The molecule has 1 aliphatic rings. The zero-order chi connectivity index (χ0) is 7.52. The number of nitrogens with one attached hydrogen (secondary N) is 1. The average molecular weight is 143 g/mol. The Morgan fingerprint density at radius 2 is 1.73 bits per heavy atom. The van der Waals surface area contributed by atoms with Crippen molar-refractivity contribution in [1.82, 2.24) is 4.98 Å². The first-order valence-electron chi connectivity index (χ1n) is 3.65. The number of fused-ring (bicyclic) bond motifs is 1. The molecule has 1 aliphatic carbocycles. The first kappa shape index (κ1) is 6.23. The Morgan fingerprint density at radius 1 is 0.909 bits per heavy atom. The summed E-state index contributed by atoms with van der Waals surface area (Å²) in [6, 6.07) is 2.06. The van der Waals surface area contributed by atoms with Crippen molar-refractivity contribution < 1.29 is 0 Å². The SMILES string of the molecule is C1=C/C=C/C=c2/cc[nH]c2=C1. The molecule has 0 unspecified atom stereocenters. The van der Waals surface area contributed by atoms with Crippen molar-refractivity contribution in [2.75, 3.05) is 0 Å². The Labute approximate surface area is 65.1 Å². The monoisotopic (exact) mass is 143 g/mol. The third-order valence-corrected chi connectivity index (χ3v) is 1.68. The largest absolute Gasteiger partial charge is 0.361 e. The molecular formula is C10H9N. The normalized spacial score (nSPS) is 20.2. The molecule has 54 valence electrons. The van der Waals surface area contributed by atoms with Crippen molar-refractivity contribution in [1.29, 1.82) is 0 Å². The molecule has 1 N–H and O–H groups in total. The van der Waals surface area contributed by atoms with Gasteiger partial charge in [-0.25, -0.2) is 0 Å². The van der Waals surface area contributed by atoms with Gasteiger partial charge in [-0.15, -0.1) is 0 Å². The van der Waals surface area contributed by atoms with Gasteiger partial charge in [-0.3, -0.25) is 0 Å². The van der Waals surface area contributed by atoms with Crippen LogP contribution in [0.1, 0.15) is 0 Å². The Morgan fingerprint density at radius 3 is 2.64 bits per heavy atom. The van der Waals surface area contributed by atoms with Crippen LogP contribution in [0.15, 0.2) is 36.6 Å². The quantitative estimate of drug-likeness (QED) is 0.550. The molecule has 11 heavy (non-hydrogen) atoms. The smallest absolute Gasteiger partial charge is 0.0453 e. The maximum Gasteiger partial charge on any atom is 0.0453 e. The Kier molecular flexibility index (Phi) is 1.48. The van der Waals surface area contributed by atoms with E-state index in [-0.39, 0.29) is 0 Å². The first-order valence-corrected chi connectivity index (χ1v) is 3.65. The molecule has 0 radical (unpaired) electrons. The number of H-pyrrole nitrogens is 1. The van der Waals surface area contributed by atoms with E-state index in [9.17, 15) is 0 Å². The lowest BCUT2D eigenvalue weighted by atomic mass is 10.3. The number of hydrogen-bond acceptors (Lipinski definition) is 0. The highest BCUT2D eigenvalue weighted by Gasteiger charge is 1.82. The molecule has 0 atom stereocenters. The molecule has 1 aromatic rings. The lowest BCUT2D eigenvalue weighted by molar-refractivity contribution is 1.32. The molecular weight excluding hydrogens is 134 g/mol. The molecule has 0 aliphatic heterocycles. The molecule has 0 fully saturated rings. The summed E-state index contributed by atoms with van der Waals surface area (Å²) in [5.41, 5.74) is 0. The fourth-order valence-electron chi connectivity index (χ4n) is 1.12. The molecule has 0 bridgehead atoms. The minimum absolute atomic E-state index is 1.17. The molecule has 1 aromatic heterocycles. The van der Waals surface area contributed by atoms with E-state index in [1.165, 1.54) is 10.6 Å². The topological polar surface area (TPSA) is 15.8 Å². The van der Waals surface area contributed by atoms with Gasteiger partial charge < -0.3 is 4.98 Å². The van der Waals surface area contributed by atoms with E-state index in [1.807, 2.05) is 30.5 Å². The summed E-state index contributed by atoms with van der Waals surface area (Å²) in [6.45, 7) is 0. The molecule has 0 saturated carbocycles. The fraction of sp³-hybridized carbons (Fsp3) is 0. The van der Waals surface area contributed by atoms with Crippen LogP contribution in [0.3, 0.4) is 0 Å². The van der Waals surface area contributed by atoms with Crippen LogP contribution in [0.5, 0.6) is 0 Å². The lowest BCUT2D eigenvalue weighted by Gasteiger charge is -1.81. The van der Waals surface area contributed by atoms with Crippen LogP contribution in [0.2, 0.25) is 0 Å². The van der Waals surface area contributed by atoms with Gasteiger partial charge in [0, 0.05) is 11.5 Å². The van der Waals surface area contributed by atoms with Gasteiger partial charge in [-0.1, -0.05) is 30.4 Å². The molecule has 0 saturated heterocycles. The second kappa shape index (κ2) is 2.62. The van der Waals surface area contributed by atoms with Gasteiger partial charge >= 0.3 is 0 Å². The predicted octanol–water partition coefficient (Wildman–Crippen LogP) is 0.702. The third kappa shape index (κ3) is 1.17. The summed E-state index contributed by atoms with van der Waals surface area (Å²) < 4.78 is 0. The minimum atomic E-state index is 1.17. The van der Waals surface area contributed by atoms with Crippen LogP contribution < -0.4 is 10.6 Å². The number of allylic oxidation sites excluding steroid dienone is 4. The highest BCUT2D eigenvalue weighted by molar-refractivity contribution is 5.46. The maximum atomic E-state index is 3.15. The van der Waals surface area contributed by atoms with Gasteiger partial charge in [0.1, 0.15) is 0 Å². The number of aromatic nitrogens is 1. The van der Waals surface area contributed by atoms with Crippen molar-refractivity contribution in [2.24, 2.45) is 0 Å². The molecule has 2 rings (SSSR count). The first-order chi connectivity index (χ1) is 5.47. The van der Waals surface area contributed by atoms with Gasteiger partial charge in [0.05, 0.1) is 0 Å². The average Bonchev–Trinajstić information content (AvgIpc) is 2.35. The summed E-state index contributed by atoms with van der Waals surface area (Å²) in [7, 11) is 0. The van der Waals surface area contributed by atoms with E-state index >= 15 is 0 Å². The van der Waals surface area contributed by atoms with Crippen LogP contribution in [0, 0.1) is 0 Å². The number of rotatable bonds is 0. The van der Waals surface area contributed by atoms with Crippen LogP contribution in [0.4, 0.5) is 0 Å². The summed E-state index contributed by atoms with van der Waals surface area (Å²) >= 11 is 0. The predicted molar refractivity (Wildman–Crippen MR) is 47.3 cm³/mol. The maximum absolute atomic E-state index is 3.15. The van der Waals surface area contributed by atoms with Gasteiger partial charge in [-0.2, -0.15) is 0 Å². The zero-order valence-electron chi connectivity index (χ0n) is 6.12. The van der Waals surface area contributed by atoms with Crippen molar-refractivity contribution in [3.8, 4) is 0 Å². The highest BCUT2D eigenvalue weighted by Crippen LogP contribution is 1.82. The second-order valence-electron chi connectivity index (χ2n) is 2.45. The summed E-state index contributed by atoms with van der Waals surface area (Å²) in [5, 5.41) is 2.41. The van der Waals surface area contributed by atoms with Gasteiger partial charge in [-0.05, 0) is 17.4 Å². The molecule has 0 aromatic carbocycles. The van der Waals surface area contributed by atoms with Crippen molar-refractivity contribution in [3.05, 3.63) is 47.1 Å². The summed E-state index contributed by atoms with van der Waals surface area (Å²) in [6.07, 6.45) is 14.2. The molecule has 1 heterocycles. The van der Waals surface area contributed by atoms with Crippen LogP contribution in [-0.4, -0.2) is 4.98 Å². The van der Waals surface area contributed by atoms with E-state index in [2.05, 4.69) is 23.2 Å². The standard InChI is InChI=1S/C10H9N/c1-2-4-6-10-9(5-3-1)7-8-11-10/h1-8,11H/b2-1?,3-1+,4-2?,5-3?,6-4?,9-5-,10-6?. The van der Waals surface area contributed by atoms with E-state index in [1.54, 1.807) is 0 Å². The summed E-state index contributed by atoms with van der Waals surface area (Å²) in [4.78, 5) is 3.15. The van der Waals surface area contributed by atoms with E-state index < -0.39 is 0 Å². The Hall–Kier alpha value is -1.50. The molecule has 1 heteroatoms. The van der Waals surface area contributed by atoms with Gasteiger partial charge in [0.2, 0.25) is 0 Å². The van der Waals surface area contributed by atoms with Crippen molar-refractivity contribution in [3.63, 3.8) is 0 Å². The Balaban J connectivity index is 2.80. The lowest BCUT2D eigenvalue weighted by Crippen LogP contribution is -2.21. The summed E-state index contributed by atoms with van der Waals surface area (Å²) in [5.74, 6) is 0. The molecule has 0 amide bonds.